The number of nitriles is 1. The van der Waals surface area contributed by atoms with E-state index >= 15 is 0 Å². The Morgan fingerprint density at radius 3 is 2.57 bits per heavy atom. The Kier molecular flexibility index (Phi) is 5.16. The minimum atomic E-state index is -5.07. The van der Waals surface area contributed by atoms with Crippen LogP contribution in [-0.4, -0.2) is 33.6 Å². The van der Waals surface area contributed by atoms with E-state index in [9.17, 15) is 30.8 Å². The highest BCUT2D eigenvalue weighted by Crippen LogP contribution is 2.41. The van der Waals surface area contributed by atoms with Crippen LogP contribution in [0.25, 0.3) is 0 Å². The van der Waals surface area contributed by atoms with Gasteiger partial charge < -0.3 is 9.50 Å². The van der Waals surface area contributed by atoms with Crippen molar-refractivity contribution in [1.82, 2.24) is 14.8 Å². The van der Waals surface area contributed by atoms with Crippen LogP contribution in [0.5, 0.6) is 5.88 Å². The zero-order valence-electron chi connectivity index (χ0n) is 14.6. The van der Waals surface area contributed by atoms with Gasteiger partial charge in [-0.2, -0.15) is 31.2 Å². The zero-order valence-corrected chi connectivity index (χ0v) is 15.5. The molecule has 2 N–H and O–H groups in total. The van der Waals surface area contributed by atoms with Crippen molar-refractivity contribution in [3.8, 4) is 11.9 Å². The Morgan fingerprint density at radius 2 is 2.07 bits per heavy atom. The molecule has 3 rings (SSSR count). The summed E-state index contributed by atoms with van der Waals surface area (Å²) in [6.07, 6.45) is -2.66. The Labute approximate surface area is 166 Å². The number of hydrogen-bond acceptors (Lipinski definition) is 7. The number of nitrogens with zero attached hydrogens (tertiary/aromatic N) is 4. The van der Waals surface area contributed by atoms with Crippen molar-refractivity contribution in [2.75, 3.05) is 5.32 Å². The normalized spacial score (nSPS) is 15.7. The Balaban J connectivity index is 1.91. The molecule has 1 aliphatic carbocycles. The minimum Gasteiger partial charge on any atom is -0.336 e. The van der Waals surface area contributed by atoms with Crippen LogP contribution in [0.2, 0.25) is 0 Å². The second-order valence-electron chi connectivity index (χ2n) is 6.31. The van der Waals surface area contributed by atoms with Gasteiger partial charge in [0.2, 0.25) is 5.82 Å². The fourth-order valence-corrected chi connectivity index (χ4v) is 3.18. The van der Waals surface area contributed by atoms with Crippen molar-refractivity contribution in [2.45, 2.75) is 31.0 Å². The van der Waals surface area contributed by atoms with E-state index in [1.807, 2.05) is 0 Å². The lowest BCUT2D eigenvalue weighted by Gasteiger charge is -2.40. The maximum atomic E-state index is 13.9. The smallest absolute Gasteiger partial charge is 0.336 e. The molecule has 0 aromatic carbocycles. The van der Waals surface area contributed by atoms with E-state index in [2.05, 4.69) is 19.6 Å². The SMILES string of the molecule is N#Cc1ncc(NC(=O)C2(n3cc(F)c(OS(=O)(=O)O)n3)CCC2)cc1C(F)(F)F. The van der Waals surface area contributed by atoms with Crippen molar-refractivity contribution in [3.63, 3.8) is 0 Å². The van der Waals surface area contributed by atoms with Gasteiger partial charge in [-0.05, 0) is 25.3 Å². The first-order chi connectivity index (χ1) is 13.9. The van der Waals surface area contributed by atoms with Crippen molar-refractivity contribution in [1.29, 1.82) is 5.26 Å². The van der Waals surface area contributed by atoms with Crippen LogP contribution in [0.1, 0.15) is 30.5 Å². The Hall–Kier alpha value is -3.25. The third-order valence-corrected chi connectivity index (χ3v) is 4.79. The first-order valence-electron chi connectivity index (χ1n) is 8.07. The number of halogens is 4. The molecule has 0 bridgehead atoms. The summed E-state index contributed by atoms with van der Waals surface area (Å²) in [4.78, 5) is 16.1. The molecule has 1 aliphatic rings. The third-order valence-electron chi connectivity index (χ3n) is 4.42. The molecular formula is C15H11F4N5O5S. The van der Waals surface area contributed by atoms with Gasteiger partial charge in [0.1, 0.15) is 11.6 Å². The van der Waals surface area contributed by atoms with E-state index in [1.54, 1.807) is 0 Å². The summed E-state index contributed by atoms with van der Waals surface area (Å²) < 4.78 is 88.0. The van der Waals surface area contributed by atoms with Crippen molar-refractivity contribution >= 4 is 22.0 Å². The van der Waals surface area contributed by atoms with E-state index in [1.165, 1.54) is 6.07 Å². The van der Waals surface area contributed by atoms with Gasteiger partial charge in [-0.15, -0.1) is 5.10 Å². The first-order valence-corrected chi connectivity index (χ1v) is 9.43. The standard InChI is InChI=1S/C15H11F4N5O5S/c16-10-7-24(23-12(10)29-30(26,27)28)14(2-1-3-14)13(25)22-8-4-9(15(17,18)19)11(5-20)21-6-8/h4,6-7H,1-3H2,(H,22,25)(H,26,27,28). The predicted octanol–water partition coefficient (Wildman–Crippen LogP) is 2.01. The maximum absolute atomic E-state index is 13.9. The molecule has 0 aliphatic heterocycles. The molecule has 0 unspecified atom stereocenters. The van der Waals surface area contributed by atoms with Gasteiger partial charge in [-0.1, -0.05) is 0 Å². The summed E-state index contributed by atoms with van der Waals surface area (Å²) in [5.41, 5.74) is -4.12. The first kappa shape index (κ1) is 21.5. The van der Waals surface area contributed by atoms with Gasteiger partial charge in [0.05, 0.1) is 23.6 Å². The molecule has 10 nitrogen and oxygen atoms in total. The molecule has 0 spiro atoms. The third kappa shape index (κ3) is 4.04. The monoisotopic (exact) mass is 449 g/mol. The average molecular weight is 449 g/mol. The minimum absolute atomic E-state index is 0.112. The number of hydrogen-bond donors (Lipinski definition) is 2. The van der Waals surface area contributed by atoms with E-state index in [-0.39, 0.29) is 18.5 Å². The average Bonchev–Trinajstić information content (AvgIpc) is 2.91. The quantitative estimate of drug-likeness (QED) is 0.520. The van der Waals surface area contributed by atoms with Crippen molar-refractivity contribution < 1.29 is 39.5 Å². The number of nitrogens with one attached hydrogen (secondary N) is 1. The molecule has 2 heterocycles. The number of alkyl halides is 3. The largest absolute Gasteiger partial charge is 0.448 e. The fourth-order valence-electron chi connectivity index (χ4n) is 2.87. The van der Waals surface area contributed by atoms with Gasteiger partial charge in [-0.25, -0.2) is 4.98 Å². The number of aromatic nitrogens is 3. The summed E-state index contributed by atoms with van der Waals surface area (Å²) in [6.45, 7) is 0. The van der Waals surface area contributed by atoms with Crippen LogP contribution < -0.4 is 9.50 Å². The van der Waals surface area contributed by atoms with Crippen molar-refractivity contribution in [2.24, 2.45) is 0 Å². The second-order valence-corrected chi connectivity index (χ2v) is 7.33. The fraction of sp³-hybridized carbons (Fsp3) is 0.333. The lowest BCUT2D eigenvalue weighted by atomic mass is 9.76. The highest BCUT2D eigenvalue weighted by molar-refractivity contribution is 7.81. The van der Waals surface area contributed by atoms with Crippen molar-refractivity contribution in [3.05, 3.63) is 35.5 Å². The predicted molar refractivity (Wildman–Crippen MR) is 88.8 cm³/mol. The molecule has 160 valence electrons. The number of anilines is 1. The van der Waals surface area contributed by atoms with Gasteiger partial charge in [-0.3, -0.25) is 14.0 Å². The number of carbonyl (C=O) groups is 1. The Bertz CT molecular complexity index is 1150. The highest BCUT2D eigenvalue weighted by Gasteiger charge is 2.48. The lowest BCUT2D eigenvalue weighted by Crippen LogP contribution is -2.51. The number of amides is 1. The van der Waals surface area contributed by atoms with E-state index < -0.39 is 51.0 Å². The molecule has 0 radical (unpaired) electrons. The van der Waals surface area contributed by atoms with Gasteiger partial charge in [0.15, 0.2) is 5.69 Å². The summed E-state index contributed by atoms with van der Waals surface area (Å²) in [5.74, 6) is -3.25. The van der Waals surface area contributed by atoms with Crippen LogP contribution in [0.4, 0.5) is 23.2 Å². The van der Waals surface area contributed by atoms with Crippen LogP contribution >= 0.6 is 0 Å². The van der Waals surface area contributed by atoms with Gasteiger partial charge in [0.25, 0.3) is 11.8 Å². The van der Waals surface area contributed by atoms with Crippen LogP contribution in [0.15, 0.2) is 18.5 Å². The summed E-state index contributed by atoms with van der Waals surface area (Å²) in [6, 6.07) is 1.84. The maximum Gasteiger partial charge on any atom is 0.448 e. The van der Waals surface area contributed by atoms with Crippen LogP contribution in [-0.2, 0) is 26.9 Å². The topological polar surface area (TPSA) is 147 Å². The molecule has 2 aromatic heterocycles. The van der Waals surface area contributed by atoms with Gasteiger partial charge >= 0.3 is 16.6 Å². The van der Waals surface area contributed by atoms with E-state index in [0.717, 1.165) is 10.9 Å². The summed E-state index contributed by atoms with van der Waals surface area (Å²) in [5, 5.41) is 14.5. The molecule has 2 aromatic rings. The van der Waals surface area contributed by atoms with Gasteiger partial charge in [0, 0.05) is 0 Å². The molecular weight excluding hydrogens is 438 g/mol. The van der Waals surface area contributed by atoms with Crippen LogP contribution in [0, 0.1) is 17.1 Å². The Morgan fingerprint density at radius 1 is 1.40 bits per heavy atom. The zero-order chi connectivity index (χ0) is 22.3. The molecule has 0 atom stereocenters. The second kappa shape index (κ2) is 7.22. The highest BCUT2D eigenvalue weighted by atomic mass is 32.3. The summed E-state index contributed by atoms with van der Waals surface area (Å²) >= 11 is 0. The number of pyridine rings is 1. The van der Waals surface area contributed by atoms with Crippen LogP contribution in [0.3, 0.4) is 0 Å². The number of rotatable bonds is 5. The summed E-state index contributed by atoms with van der Waals surface area (Å²) in [7, 11) is -5.07. The molecule has 1 fully saturated rings. The molecule has 0 saturated heterocycles. The molecule has 1 amide bonds. The van der Waals surface area contributed by atoms with E-state index in [0.29, 0.717) is 18.7 Å². The number of carbonyl (C=O) groups excluding carboxylic acids is 1. The molecule has 1 saturated carbocycles. The molecule has 15 heteroatoms. The molecule has 30 heavy (non-hydrogen) atoms. The van der Waals surface area contributed by atoms with E-state index in [4.69, 9.17) is 9.81 Å². The lowest BCUT2D eigenvalue weighted by molar-refractivity contribution is -0.138.